The van der Waals surface area contributed by atoms with Gasteiger partial charge in [-0.3, -0.25) is 9.69 Å². The van der Waals surface area contributed by atoms with Crippen LogP contribution in [0.1, 0.15) is 11.1 Å². The summed E-state index contributed by atoms with van der Waals surface area (Å²) >= 11 is 3.38. The number of amides is 3. The topological polar surface area (TPSA) is 58.6 Å². The molecule has 0 atom stereocenters. The van der Waals surface area contributed by atoms with Crippen molar-refractivity contribution in [3.05, 3.63) is 82.0 Å². The molecule has 0 spiro atoms. The molecule has 3 aromatic carbocycles. The molecule has 1 heterocycles. The highest BCUT2D eigenvalue weighted by molar-refractivity contribution is 9.10. The normalized spacial score (nSPS) is 15.4. The third kappa shape index (κ3) is 3.39. The average molecular weight is 437 g/mol. The molecule has 28 heavy (non-hydrogen) atoms. The number of hydrogen-bond acceptors (Lipinski definition) is 3. The largest absolute Gasteiger partial charge is 0.496 e. The molecule has 0 aromatic heterocycles. The van der Waals surface area contributed by atoms with E-state index < -0.39 is 6.03 Å². The van der Waals surface area contributed by atoms with E-state index in [-0.39, 0.29) is 18.1 Å². The zero-order valence-electron chi connectivity index (χ0n) is 15.1. The van der Waals surface area contributed by atoms with Gasteiger partial charge in [-0.1, -0.05) is 58.4 Å². The Labute approximate surface area is 170 Å². The van der Waals surface area contributed by atoms with Crippen LogP contribution in [-0.2, 0) is 11.3 Å². The molecule has 0 unspecified atom stereocenters. The van der Waals surface area contributed by atoms with Crippen LogP contribution in [0.3, 0.4) is 0 Å². The lowest BCUT2D eigenvalue weighted by molar-refractivity contribution is -0.123. The van der Waals surface area contributed by atoms with Crippen molar-refractivity contribution in [2.75, 3.05) is 7.11 Å². The molecule has 3 amide bonds. The minimum absolute atomic E-state index is 0.210. The Balaban J connectivity index is 1.70. The van der Waals surface area contributed by atoms with Crippen molar-refractivity contribution < 1.29 is 14.3 Å². The first kappa shape index (κ1) is 18.3. The number of nitrogens with zero attached hydrogens (tertiary/aromatic N) is 1. The summed E-state index contributed by atoms with van der Waals surface area (Å²) in [5.74, 6) is 0.280. The SMILES string of the molecule is COc1ccc2ccccc2c1C=C1NC(=O)N(Cc2ccc(Br)cc2)C1=O. The predicted molar refractivity (Wildman–Crippen MR) is 112 cm³/mol. The van der Waals surface area contributed by atoms with Crippen molar-refractivity contribution in [1.29, 1.82) is 0 Å². The van der Waals surface area contributed by atoms with Crippen LogP contribution in [0, 0.1) is 0 Å². The summed E-state index contributed by atoms with van der Waals surface area (Å²) in [5.41, 5.74) is 1.86. The second-order valence-corrected chi connectivity index (χ2v) is 7.32. The van der Waals surface area contributed by atoms with Gasteiger partial charge in [-0.25, -0.2) is 4.79 Å². The van der Waals surface area contributed by atoms with E-state index in [4.69, 9.17) is 4.74 Å². The fourth-order valence-electron chi connectivity index (χ4n) is 3.23. The quantitative estimate of drug-likeness (QED) is 0.476. The van der Waals surface area contributed by atoms with Crippen LogP contribution in [-0.4, -0.2) is 23.9 Å². The molecule has 0 radical (unpaired) electrons. The van der Waals surface area contributed by atoms with E-state index in [1.807, 2.05) is 60.7 Å². The van der Waals surface area contributed by atoms with Gasteiger partial charge >= 0.3 is 6.03 Å². The molecule has 0 aliphatic carbocycles. The zero-order valence-corrected chi connectivity index (χ0v) is 16.7. The number of nitrogens with one attached hydrogen (secondary N) is 1. The van der Waals surface area contributed by atoms with Crippen molar-refractivity contribution in [1.82, 2.24) is 10.2 Å². The Morgan fingerprint density at radius 3 is 2.54 bits per heavy atom. The molecular formula is C22H17BrN2O3. The number of hydrogen-bond donors (Lipinski definition) is 1. The molecule has 0 saturated carbocycles. The van der Waals surface area contributed by atoms with Crippen LogP contribution in [0.25, 0.3) is 16.8 Å². The first-order valence-corrected chi connectivity index (χ1v) is 9.51. The summed E-state index contributed by atoms with van der Waals surface area (Å²) in [5, 5.41) is 4.66. The molecule has 5 nitrogen and oxygen atoms in total. The summed E-state index contributed by atoms with van der Waals surface area (Å²) in [6.07, 6.45) is 1.68. The number of benzene rings is 3. The lowest BCUT2D eigenvalue weighted by atomic mass is 10.0. The van der Waals surface area contributed by atoms with Gasteiger partial charge in [0.15, 0.2) is 0 Å². The van der Waals surface area contributed by atoms with E-state index in [0.29, 0.717) is 5.75 Å². The van der Waals surface area contributed by atoms with Gasteiger partial charge in [-0.2, -0.15) is 0 Å². The third-order valence-electron chi connectivity index (χ3n) is 4.66. The molecule has 1 aliphatic rings. The van der Waals surface area contributed by atoms with Gasteiger partial charge in [0.1, 0.15) is 11.4 Å². The van der Waals surface area contributed by atoms with Gasteiger partial charge in [0, 0.05) is 10.0 Å². The lowest BCUT2D eigenvalue weighted by Gasteiger charge is -2.12. The Bertz CT molecular complexity index is 1110. The Morgan fingerprint density at radius 2 is 1.79 bits per heavy atom. The summed E-state index contributed by atoms with van der Waals surface area (Å²) in [6.45, 7) is 0.210. The predicted octanol–water partition coefficient (Wildman–Crippen LogP) is 4.70. The minimum Gasteiger partial charge on any atom is -0.496 e. The van der Waals surface area contributed by atoms with Crippen LogP contribution in [0.2, 0.25) is 0 Å². The molecule has 4 rings (SSSR count). The molecule has 3 aromatic rings. The van der Waals surface area contributed by atoms with Crippen molar-refractivity contribution in [2.45, 2.75) is 6.54 Å². The number of methoxy groups -OCH3 is 1. The molecule has 6 heteroatoms. The van der Waals surface area contributed by atoms with Crippen molar-refractivity contribution in [2.24, 2.45) is 0 Å². The van der Waals surface area contributed by atoms with Gasteiger partial charge in [0.2, 0.25) is 0 Å². The first-order chi connectivity index (χ1) is 13.6. The Kier molecular flexibility index (Phi) is 4.88. The summed E-state index contributed by atoms with van der Waals surface area (Å²) in [6, 6.07) is 18.7. The molecule has 0 bridgehead atoms. The minimum atomic E-state index is -0.432. The number of urea groups is 1. The summed E-state index contributed by atoms with van der Waals surface area (Å²) in [7, 11) is 1.58. The van der Waals surface area contributed by atoms with E-state index in [1.165, 1.54) is 4.90 Å². The van der Waals surface area contributed by atoms with Gasteiger partial charge < -0.3 is 10.1 Å². The molecule has 1 fully saturated rings. The number of halogens is 1. The van der Waals surface area contributed by atoms with E-state index in [1.54, 1.807) is 13.2 Å². The summed E-state index contributed by atoms with van der Waals surface area (Å²) in [4.78, 5) is 26.4. The van der Waals surface area contributed by atoms with Crippen LogP contribution in [0.5, 0.6) is 5.75 Å². The van der Waals surface area contributed by atoms with E-state index >= 15 is 0 Å². The molecule has 1 saturated heterocycles. The van der Waals surface area contributed by atoms with Crippen LogP contribution in [0.15, 0.2) is 70.8 Å². The molecule has 1 aliphatic heterocycles. The van der Waals surface area contributed by atoms with E-state index in [0.717, 1.165) is 26.4 Å². The molecular weight excluding hydrogens is 420 g/mol. The average Bonchev–Trinajstić information content (AvgIpc) is 2.97. The monoisotopic (exact) mass is 436 g/mol. The highest BCUT2D eigenvalue weighted by atomic mass is 79.9. The third-order valence-corrected chi connectivity index (χ3v) is 5.18. The van der Waals surface area contributed by atoms with Crippen LogP contribution < -0.4 is 10.1 Å². The number of carbonyl (C=O) groups excluding carboxylic acids is 2. The number of rotatable bonds is 4. The van der Waals surface area contributed by atoms with Crippen LogP contribution in [0.4, 0.5) is 4.79 Å². The van der Waals surface area contributed by atoms with Crippen molar-refractivity contribution in [3.63, 3.8) is 0 Å². The number of imide groups is 1. The lowest BCUT2D eigenvalue weighted by Crippen LogP contribution is -2.30. The number of ether oxygens (including phenoxy) is 1. The van der Waals surface area contributed by atoms with Gasteiger partial charge in [0.05, 0.1) is 13.7 Å². The van der Waals surface area contributed by atoms with E-state index in [9.17, 15) is 9.59 Å². The smallest absolute Gasteiger partial charge is 0.329 e. The highest BCUT2D eigenvalue weighted by Crippen LogP contribution is 2.31. The second kappa shape index (κ2) is 7.48. The zero-order chi connectivity index (χ0) is 19.7. The fraction of sp³-hybridized carbons (Fsp3) is 0.0909. The summed E-state index contributed by atoms with van der Waals surface area (Å²) < 4.78 is 6.41. The number of carbonyl (C=O) groups is 2. The Morgan fingerprint density at radius 1 is 1.04 bits per heavy atom. The van der Waals surface area contributed by atoms with Crippen molar-refractivity contribution in [3.8, 4) is 5.75 Å². The van der Waals surface area contributed by atoms with Gasteiger partial charge in [-0.05, 0) is 40.6 Å². The first-order valence-electron chi connectivity index (χ1n) is 8.71. The highest BCUT2D eigenvalue weighted by Gasteiger charge is 2.33. The van der Waals surface area contributed by atoms with Crippen molar-refractivity contribution >= 4 is 44.7 Å². The molecule has 140 valence electrons. The van der Waals surface area contributed by atoms with Gasteiger partial charge in [0.25, 0.3) is 5.91 Å². The Hall–Kier alpha value is -3.12. The maximum Gasteiger partial charge on any atom is 0.329 e. The van der Waals surface area contributed by atoms with Crippen LogP contribution >= 0.6 is 15.9 Å². The number of fused-ring (bicyclic) bond motifs is 1. The van der Waals surface area contributed by atoms with E-state index in [2.05, 4.69) is 21.2 Å². The van der Waals surface area contributed by atoms with Gasteiger partial charge in [-0.15, -0.1) is 0 Å². The standard InChI is InChI=1S/C22H17BrN2O3/c1-28-20-11-8-15-4-2-3-5-17(15)18(20)12-19-21(26)25(22(27)24-19)13-14-6-9-16(23)10-7-14/h2-12H,13H2,1H3,(H,24,27). The fourth-order valence-corrected chi connectivity index (χ4v) is 3.50. The second-order valence-electron chi connectivity index (χ2n) is 6.41. The maximum absolute atomic E-state index is 12.9. The molecule has 1 N–H and O–H groups in total. The maximum atomic E-state index is 12.9.